The highest BCUT2D eigenvalue weighted by Gasteiger charge is 2.51. The predicted octanol–water partition coefficient (Wildman–Crippen LogP) is 2.73. The maximum Gasteiger partial charge on any atom is 0.494 e. The molecule has 1 aliphatic rings. The number of aromatic nitrogens is 2. The Hall–Kier alpha value is -1.47. The van der Waals surface area contributed by atoms with E-state index in [2.05, 4.69) is 4.98 Å². The van der Waals surface area contributed by atoms with Crippen molar-refractivity contribution in [2.75, 3.05) is 0 Å². The van der Waals surface area contributed by atoms with Crippen LogP contribution in [0.15, 0.2) is 24.5 Å². The number of alkyl halides is 2. The highest BCUT2D eigenvalue weighted by atomic mass is 19.3. The summed E-state index contributed by atoms with van der Waals surface area (Å²) in [6.07, 6.45) is 1.14. The van der Waals surface area contributed by atoms with Gasteiger partial charge in [-0.1, -0.05) is 6.07 Å². The van der Waals surface area contributed by atoms with Crippen molar-refractivity contribution in [1.82, 2.24) is 9.55 Å². The van der Waals surface area contributed by atoms with Crippen molar-refractivity contribution in [2.45, 2.75) is 45.4 Å². The molecule has 0 aliphatic carbocycles. The number of fused-ring (bicyclic) bond motifs is 1. The van der Waals surface area contributed by atoms with Gasteiger partial charge in [0.1, 0.15) is 6.33 Å². The highest BCUT2D eigenvalue weighted by Crippen LogP contribution is 2.36. The van der Waals surface area contributed by atoms with E-state index in [1.165, 1.54) is 0 Å². The monoisotopic (exact) mass is 294 g/mol. The minimum absolute atomic E-state index is 0.372. The zero-order valence-electron chi connectivity index (χ0n) is 12.4. The maximum absolute atomic E-state index is 12.9. The van der Waals surface area contributed by atoms with Gasteiger partial charge in [-0.25, -0.2) is 4.98 Å². The van der Waals surface area contributed by atoms with Crippen molar-refractivity contribution in [3.8, 4) is 0 Å². The second kappa shape index (κ2) is 4.51. The first-order chi connectivity index (χ1) is 9.71. The average molecular weight is 294 g/mol. The molecule has 0 saturated carbocycles. The lowest BCUT2D eigenvalue weighted by Gasteiger charge is -2.32. The second-order valence-electron chi connectivity index (χ2n) is 6.27. The molecular weight excluding hydrogens is 277 g/mol. The number of hydrogen-bond acceptors (Lipinski definition) is 3. The molecule has 0 spiro atoms. The van der Waals surface area contributed by atoms with E-state index in [9.17, 15) is 8.78 Å². The molecule has 1 aromatic heterocycles. The first-order valence-electron chi connectivity index (χ1n) is 6.81. The first kappa shape index (κ1) is 14.5. The molecule has 0 N–H and O–H groups in total. The molecule has 1 aromatic carbocycles. The Kier molecular flexibility index (Phi) is 3.11. The smallest absolute Gasteiger partial charge is 0.399 e. The van der Waals surface area contributed by atoms with Crippen molar-refractivity contribution in [3.63, 3.8) is 0 Å². The number of hydrogen-bond donors (Lipinski definition) is 0. The molecule has 112 valence electrons. The van der Waals surface area contributed by atoms with Gasteiger partial charge in [0, 0.05) is 0 Å². The summed E-state index contributed by atoms with van der Waals surface area (Å²) in [4.78, 5) is 3.97. The van der Waals surface area contributed by atoms with Gasteiger partial charge >= 0.3 is 13.7 Å². The zero-order chi connectivity index (χ0) is 15.4. The third kappa shape index (κ3) is 2.24. The van der Waals surface area contributed by atoms with Crippen LogP contribution in [0.2, 0.25) is 0 Å². The van der Waals surface area contributed by atoms with E-state index in [4.69, 9.17) is 9.31 Å². The number of rotatable bonds is 2. The van der Waals surface area contributed by atoms with Gasteiger partial charge in [-0.15, -0.1) is 0 Å². The van der Waals surface area contributed by atoms with Crippen LogP contribution in [0.5, 0.6) is 0 Å². The minimum Gasteiger partial charge on any atom is -0.399 e. The van der Waals surface area contributed by atoms with E-state index in [0.717, 1.165) is 10.9 Å². The van der Waals surface area contributed by atoms with Gasteiger partial charge in [-0.3, -0.25) is 4.57 Å². The Labute approximate surface area is 122 Å². The Balaban J connectivity index is 2.01. The van der Waals surface area contributed by atoms with Crippen molar-refractivity contribution >= 4 is 23.6 Å². The lowest BCUT2D eigenvalue weighted by Crippen LogP contribution is -2.41. The molecule has 0 unspecified atom stereocenters. The molecule has 0 radical (unpaired) electrons. The Morgan fingerprint density at radius 1 is 1.14 bits per heavy atom. The molecule has 0 bridgehead atoms. The second-order valence-corrected chi connectivity index (χ2v) is 6.27. The van der Waals surface area contributed by atoms with Crippen molar-refractivity contribution in [3.05, 3.63) is 24.5 Å². The van der Waals surface area contributed by atoms with Gasteiger partial charge < -0.3 is 9.31 Å². The molecule has 21 heavy (non-hydrogen) atoms. The average Bonchev–Trinajstić information content (AvgIpc) is 2.87. The Morgan fingerprint density at radius 3 is 2.33 bits per heavy atom. The van der Waals surface area contributed by atoms with Crippen LogP contribution in [0, 0.1) is 0 Å². The summed E-state index contributed by atoms with van der Waals surface area (Å²) >= 11 is 0. The molecule has 7 heteroatoms. The Bertz CT molecular complexity index is 669. The van der Waals surface area contributed by atoms with E-state index in [-0.39, 0.29) is 0 Å². The number of imidazole rings is 1. The minimum atomic E-state index is -2.62. The summed E-state index contributed by atoms with van der Waals surface area (Å²) in [6.45, 7) is 5.19. The molecule has 1 aliphatic heterocycles. The Morgan fingerprint density at radius 2 is 1.76 bits per heavy atom. The summed E-state index contributed by atoms with van der Waals surface area (Å²) in [5.74, 6) is 0. The van der Waals surface area contributed by atoms with Crippen LogP contribution in [0.25, 0.3) is 11.0 Å². The van der Waals surface area contributed by atoms with Crippen LogP contribution in [0.3, 0.4) is 0 Å². The zero-order valence-corrected chi connectivity index (χ0v) is 12.4. The van der Waals surface area contributed by atoms with Gasteiger partial charge in [0.25, 0.3) is 0 Å². The van der Waals surface area contributed by atoms with E-state index < -0.39 is 24.9 Å². The molecule has 0 atom stereocenters. The quantitative estimate of drug-likeness (QED) is 0.799. The molecule has 0 amide bonds. The van der Waals surface area contributed by atoms with Crippen molar-refractivity contribution in [2.24, 2.45) is 0 Å². The number of benzene rings is 1. The molecule has 2 heterocycles. The van der Waals surface area contributed by atoms with Crippen LogP contribution in [-0.2, 0) is 9.31 Å². The van der Waals surface area contributed by atoms with E-state index in [1.54, 1.807) is 18.2 Å². The van der Waals surface area contributed by atoms with Crippen LogP contribution < -0.4 is 5.46 Å². The van der Waals surface area contributed by atoms with E-state index >= 15 is 0 Å². The van der Waals surface area contributed by atoms with Crippen LogP contribution in [-0.4, -0.2) is 27.9 Å². The fourth-order valence-corrected chi connectivity index (χ4v) is 2.32. The first-order valence-corrected chi connectivity index (χ1v) is 6.81. The van der Waals surface area contributed by atoms with E-state index in [0.29, 0.717) is 16.5 Å². The topological polar surface area (TPSA) is 36.3 Å². The van der Waals surface area contributed by atoms with Gasteiger partial charge in [0.05, 0.1) is 22.2 Å². The summed E-state index contributed by atoms with van der Waals surface area (Å²) in [5, 5.41) is 0. The predicted molar refractivity (Wildman–Crippen MR) is 76.7 cm³/mol. The summed E-state index contributed by atoms with van der Waals surface area (Å²) in [5.41, 5.74) is 0.682. The molecule has 3 rings (SSSR count). The SMILES string of the molecule is CC1(C)OB(c2ccc3ncn(C(F)F)c3c2)OC1(C)C. The summed E-state index contributed by atoms with van der Waals surface area (Å²) in [6, 6.07) is 5.15. The normalized spacial score (nSPS) is 20.6. The summed E-state index contributed by atoms with van der Waals surface area (Å²) in [7, 11) is -0.569. The maximum atomic E-state index is 12.9. The van der Waals surface area contributed by atoms with Gasteiger partial charge in [-0.2, -0.15) is 8.78 Å². The molecule has 1 fully saturated rings. The van der Waals surface area contributed by atoms with Crippen molar-refractivity contribution in [1.29, 1.82) is 0 Å². The largest absolute Gasteiger partial charge is 0.494 e. The fraction of sp³-hybridized carbons (Fsp3) is 0.500. The van der Waals surface area contributed by atoms with Crippen molar-refractivity contribution < 1.29 is 18.1 Å². The number of halogens is 2. The van der Waals surface area contributed by atoms with Crippen LogP contribution in [0.1, 0.15) is 34.2 Å². The highest BCUT2D eigenvalue weighted by molar-refractivity contribution is 6.62. The van der Waals surface area contributed by atoms with E-state index in [1.807, 2.05) is 27.7 Å². The van der Waals surface area contributed by atoms with Gasteiger partial charge in [0.15, 0.2) is 0 Å². The lowest BCUT2D eigenvalue weighted by molar-refractivity contribution is 0.00578. The van der Waals surface area contributed by atoms with Gasteiger partial charge in [0.2, 0.25) is 0 Å². The van der Waals surface area contributed by atoms with Gasteiger partial charge in [-0.05, 0) is 45.3 Å². The van der Waals surface area contributed by atoms with Crippen LogP contribution >= 0.6 is 0 Å². The molecule has 2 aromatic rings. The molecule has 4 nitrogen and oxygen atoms in total. The standard InChI is InChI=1S/C14H17BF2N2O2/c1-13(2)14(3,4)21-15(20-13)9-5-6-10-11(7-9)19(8-18-10)12(16)17/h5-8,12H,1-4H3. The summed E-state index contributed by atoms with van der Waals surface area (Å²) < 4.78 is 38.6. The fourth-order valence-electron chi connectivity index (χ4n) is 2.32. The van der Waals surface area contributed by atoms with Crippen LogP contribution in [0.4, 0.5) is 8.78 Å². The lowest BCUT2D eigenvalue weighted by atomic mass is 9.79. The number of nitrogens with zero attached hydrogens (tertiary/aromatic N) is 2. The molecular formula is C14H17BF2N2O2. The molecule has 1 saturated heterocycles. The third-order valence-electron chi connectivity index (χ3n) is 4.33. The third-order valence-corrected chi connectivity index (χ3v) is 4.33.